The van der Waals surface area contributed by atoms with Crippen molar-refractivity contribution in [3.63, 3.8) is 0 Å². The molecule has 0 aliphatic carbocycles. The van der Waals surface area contributed by atoms with Crippen LogP contribution in [0.3, 0.4) is 0 Å². The normalized spacial score (nSPS) is 9.56. The smallest absolute Gasteiger partial charge is 0.348 e. The van der Waals surface area contributed by atoms with Gasteiger partial charge < -0.3 is 4.98 Å². The average molecular weight is 239 g/mol. The number of H-pyrrole nitrogens is 1. The second-order valence-corrected chi connectivity index (χ2v) is 2.75. The minimum Gasteiger partial charge on any atom is -0.355 e. The largest absolute Gasteiger partial charge is 0.355 e. The molecule has 1 aromatic rings. The van der Waals surface area contributed by atoms with E-state index in [1.165, 1.54) is 6.07 Å². The number of carbonyl (C=O) groups is 1. The highest BCUT2D eigenvalue weighted by molar-refractivity contribution is 14.1. The Kier molecular flexibility index (Phi) is 1.84. The molecule has 0 aromatic carbocycles. The molecular formula is C5H3FINO. The second-order valence-electron chi connectivity index (χ2n) is 1.51. The molecule has 9 heavy (non-hydrogen) atoms. The van der Waals surface area contributed by atoms with Gasteiger partial charge in [0, 0.05) is 9.77 Å². The van der Waals surface area contributed by atoms with Crippen molar-refractivity contribution in [2.24, 2.45) is 0 Å². The van der Waals surface area contributed by atoms with Gasteiger partial charge in [-0.1, -0.05) is 0 Å². The molecule has 0 spiro atoms. The first-order valence-electron chi connectivity index (χ1n) is 2.24. The topological polar surface area (TPSA) is 32.9 Å². The highest BCUT2D eigenvalue weighted by Crippen LogP contribution is 2.06. The lowest BCUT2D eigenvalue weighted by Crippen LogP contribution is -1.87. The van der Waals surface area contributed by atoms with Gasteiger partial charge in [0.15, 0.2) is 0 Å². The fraction of sp³-hybridized carbons (Fsp3) is 0. The average Bonchev–Trinajstić information content (AvgIpc) is 2.14. The quantitative estimate of drug-likeness (QED) is 0.587. The van der Waals surface area contributed by atoms with Crippen molar-refractivity contribution in [1.82, 2.24) is 4.98 Å². The predicted molar refractivity (Wildman–Crippen MR) is 38.9 cm³/mol. The molecule has 1 rings (SSSR count). The molecule has 0 saturated carbocycles. The van der Waals surface area contributed by atoms with E-state index in [9.17, 15) is 9.18 Å². The second kappa shape index (κ2) is 2.47. The summed E-state index contributed by atoms with van der Waals surface area (Å²) >= 11 is 1.98. The zero-order valence-electron chi connectivity index (χ0n) is 4.32. The summed E-state index contributed by atoms with van der Waals surface area (Å²) < 4.78 is 12.6. The predicted octanol–water partition coefficient (Wildman–Crippen LogP) is 1.73. The lowest BCUT2D eigenvalue weighted by atomic mass is 10.5. The van der Waals surface area contributed by atoms with Gasteiger partial charge in [-0.25, -0.2) is 0 Å². The van der Waals surface area contributed by atoms with Crippen LogP contribution in [0.2, 0.25) is 0 Å². The standard InChI is InChI=1S/C5H3FINO/c6-5(9)4-1-3(7)2-8-4/h1-2,8H. The Hall–Kier alpha value is -0.390. The number of carbonyl (C=O) groups excluding carboxylic acids is 1. The minimum absolute atomic E-state index is 0.0133. The van der Waals surface area contributed by atoms with Crippen molar-refractivity contribution in [2.75, 3.05) is 0 Å². The minimum atomic E-state index is -1.42. The Balaban J connectivity index is 2.98. The molecular weight excluding hydrogens is 236 g/mol. The van der Waals surface area contributed by atoms with E-state index < -0.39 is 6.04 Å². The van der Waals surface area contributed by atoms with Gasteiger partial charge in [-0.05, 0) is 28.7 Å². The maximum absolute atomic E-state index is 11.8. The Morgan fingerprint density at radius 2 is 2.44 bits per heavy atom. The lowest BCUT2D eigenvalue weighted by molar-refractivity contribution is 0.0831. The number of hydrogen-bond donors (Lipinski definition) is 1. The fourth-order valence-corrected chi connectivity index (χ4v) is 0.949. The van der Waals surface area contributed by atoms with E-state index in [0.717, 1.165) is 3.57 Å². The maximum Gasteiger partial charge on any atom is 0.348 e. The number of rotatable bonds is 1. The van der Waals surface area contributed by atoms with E-state index in [1.807, 2.05) is 22.6 Å². The molecule has 1 aromatic heterocycles. The Morgan fingerprint density at radius 1 is 1.78 bits per heavy atom. The molecule has 0 amide bonds. The van der Waals surface area contributed by atoms with Gasteiger partial charge >= 0.3 is 6.04 Å². The summed E-state index contributed by atoms with van der Waals surface area (Å²) in [5, 5.41) is 0. The summed E-state index contributed by atoms with van der Waals surface area (Å²) in [5.41, 5.74) is 0.0133. The molecule has 0 aliphatic rings. The summed E-state index contributed by atoms with van der Waals surface area (Å²) in [6.45, 7) is 0. The number of nitrogens with one attached hydrogen (secondary N) is 1. The van der Waals surface area contributed by atoms with Gasteiger partial charge in [0.25, 0.3) is 0 Å². The van der Waals surface area contributed by atoms with E-state index in [0.29, 0.717) is 0 Å². The molecule has 0 atom stereocenters. The molecule has 0 saturated heterocycles. The van der Waals surface area contributed by atoms with Gasteiger partial charge in [0.05, 0.1) is 0 Å². The van der Waals surface area contributed by atoms with E-state index in [4.69, 9.17) is 0 Å². The monoisotopic (exact) mass is 239 g/mol. The van der Waals surface area contributed by atoms with E-state index in [-0.39, 0.29) is 5.69 Å². The van der Waals surface area contributed by atoms with Crippen LogP contribution in [0, 0.1) is 3.57 Å². The van der Waals surface area contributed by atoms with Gasteiger partial charge in [-0.3, -0.25) is 4.79 Å². The third-order valence-electron chi connectivity index (χ3n) is 0.860. The van der Waals surface area contributed by atoms with Gasteiger partial charge in [-0.15, -0.1) is 0 Å². The third-order valence-corrected chi connectivity index (χ3v) is 1.48. The van der Waals surface area contributed by atoms with Crippen LogP contribution in [0.5, 0.6) is 0 Å². The van der Waals surface area contributed by atoms with Crippen molar-refractivity contribution in [1.29, 1.82) is 0 Å². The van der Waals surface area contributed by atoms with Crippen LogP contribution < -0.4 is 0 Å². The first kappa shape index (κ1) is 6.73. The van der Waals surface area contributed by atoms with Crippen molar-refractivity contribution in [3.05, 3.63) is 21.5 Å². The summed E-state index contributed by atoms with van der Waals surface area (Å²) in [6, 6.07) is 0.0287. The number of aromatic nitrogens is 1. The Morgan fingerprint density at radius 3 is 2.67 bits per heavy atom. The van der Waals surface area contributed by atoms with Crippen molar-refractivity contribution in [3.8, 4) is 0 Å². The molecule has 4 heteroatoms. The summed E-state index contributed by atoms with van der Waals surface area (Å²) in [4.78, 5) is 12.4. The van der Waals surface area contributed by atoms with Crippen LogP contribution in [0.4, 0.5) is 4.39 Å². The molecule has 0 aliphatic heterocycles. The van der Waals surface area contributed by atoms with Crippen LogP contribution >= 0.6 is 22.6 Å². The van der Waals surface area contributed by atoms with Crippen LogP contribution in [-0.4, -0.2) is 11.0 Å². The molecule has 0 radical (unpaired) electrons. The van der Waals surface area contributed by atoms with Gasteiger partial charge in [-0.2, -0.15) is 4.39 Å². The Labute approximate surface area is 64.6 Å². The number of halogens is 2. The zero-order valence-corrected chi connectivity index (χ0v) is 6.48. The maximum atomic E-state index is 11.8. The third kappa shape index (κ3) is 1.51. The lowest BCUT2D eigenvalue weighted by Gasteiger charge is -1.77. The fourth-order valence-electron chi connectivity index (χ4n) is 0.481. The molecule has 1 N–H and O–H groups in total. The number of aromatic amines is 1. The molecule has 1 heterocycles. The first-order valence-corrected chi connectivity index (χ1v) is 3.32. The van der Waals surface area contributed by atoms with Crippen molar-refractivity contribution < 1.29 is 9.18 Å². The summed E-state index contributed by atoms with van der Waals surface area (Å²) in [6.07, 6.45) is 1.56. The molecule has 48 valence electrons. The first-order chi connectivity index (χ1) is 4.20. The van der Waals surface area contributed by atoms with Crippen LogP contribution in [0.1, 0.15) is 10.5 Å². The van der Waals surface area contributed by atoms with Crippen LogP contribution in [-0.2, 0) is 0 Å². The van der Waals surface area contributed by atoms with Gasteiger partial charge in [0.1, 0.15) is 5.69 Å². The van der Waals surface area contributed by atoms with Crippen LogP contribution in [0.15, 0.2) is 12.3 Å². The molecule has 0 bridgehead atoms. The zero-order chi connectivity index (χ0) is 6.85. The summed E-state index contributed by atoms with van der Waals surface area (Å²) in [5.74, 6) is 0. The van der Waals surface area contributed by atoms with E-state index >= 15 is 0 Å². The van der Waals surface area contributed by atoms with Gasteiger partial charge in [0.2, 0.25) is 0 Å². The highest BCUT2D eigenvalue weighted by Gasteiger charge is 2.03. The van der Waals surface area contributed by atoms with Crippen LogP contribution in [0.25, 0.3) is 0 Å². The molecule has 0 fully saturated rings. The van der Waals surface area contributed by atoms with E-state index in [1.54, 1.807) is 6.20 Å². The number of hydrogen-bond acceptors (Lipinski definition) is 1. The van der Waals surface area contributed by atoms with Crippen molar-refractivity contribution >= 4 is 28.6 Å². The molecule has 0 unspecified atom stereocenters. The molecule has 2 nitrogen and oxygen atoms in total. The SMILES string of the molecule is O=C(F)c1cc(I)c[nH]1. The van der Waals surface area contributed by atoms with E-state index in [2.05, 4.69) is 4.98 Å². The van der Waals surface area contributed by atoms with Crippen molar-refractivity contribution in [2.45, 2.75) is 0 Å². The Bertz CT molecular complexity index is 233. The highest BCUT2D eigenvalue weighted by atomic mass is 127. The summed E-state index contributed by atoms with van der Waals surface area (Å²) in [7, 11) is 0.